The SMILES string of the molecule is COC(=O)c1ccc(OC(F)(F)F)cc1F. The molecule has 0 amide bonds. The molecule has 1 rings (SSSR count). The molecule has 3 nitrogen and oxygen atoms in total. The third kappa shape index (κ3) is 3.11. The first-order chi connectivity index (χ1) is 7.33. The zero-order chi connectivity index (χ0) is 12.3. The number of esters is 1. The van der Waals surface area contributed by atoms with Crippen LogP contribution in [0.2, 0.25) is 0 Å². The molecule has 1 aromatic carbocycles. The van der Waals surface area contributed by atoms with Crippen LogP contribution in [0.5, 0.6) is 5.75 Å². The van der Waals surface area contributed by atoms with Crippen LogP contribution in [0, 0.1) is 5.82 Å². The summed E-state index contributed by atoms with van der Waals surface area (Å²) in [6.07, 6.45) is -4.90. The van der Waals surface area contributed by atoms with Crippen molar-refractivity contribution in [3.05, 3.63) is 29.6 Å². The Morgan fingerprint density at radius 3 is 2.38 bits per heavy atom. The highest BCUT2D eigenvalue weighted by atomic mass is 19.4. The number of rotatable bonds is 2. The summed E-state index contributed by atoms with van der Waals surface area (Å²) in [5.41, 5.74) is -0.461. The summed E-state index contributed by atoms with van der Waals surface area (Å²) in [7, 11) is 1.03. The predicted molar refractivity (Wildman–Crippen MR) is 44.4 cm³/mol. The summed E-state index contributed by atoms with van der Waals surface area (Å²) in [5.74, 6) is -2.86. The summed E-state index contributed by atoms with van der Waals surface area (Å²) in [5, 5.41) is 0. The Hall–Kier alpha value is -1.79. The molecule has 0 saturated carbocycles. The largest absolute Gasteiger partial charge is 0.573 e. The molecular weight excluding hydrogens is 232 g/mol. The van der Waals surface area contributed by atoms with Crippen molar-refractivity contribution >= 4 is 5.97 Å². The van der Waals surface area contributed by atoms with Crippen LogP contribution >= 0.6 is 0 Å². The van der Waals surface area contributed by atoms with Crippen molar-refractivity contribution in [2.45, 2.75) is 6.36 Å². The third-order valence-corrected chi connectivity index (χ3v) is 1.58. The average molecular weight is 238 g/mol. The topological polar surface area (TPSA) is 35.5 Å². The lowest BCUT2D eigenvalue weighted by atomic mass is 10.2. The highest BCUT2D eigenvalue weighted by Crippen LogP contribution is 2.24. The zero-order valence-corrected chi connectivity index (χ0v) is 7.97. The maximum atomic E-state index is 13.1. The number of ether oxygens (including phenoxy) is 2. The van der Waals surface area contributed by atoms with Crippen molar-refractivity contribution in [2.75, 3.05) is 7.11 Å². The molecule has 7 heteroatoms. The van der Waals surface area contributed by atoms with Gasteiger partial charge in [-0.1, -0.05) is 0 Å². The van der Waals surface area contributed by atoms with Gasteiger partial charge in [0, 0.05) is 6.07 Å². The molecular formula is C9H6F4O3. The number of hydrogen-bond acceptors (Lipinski definition) is 3. The Labute approximate surface area is 87.6 Å². The first kappa shape index (κ1) is 12.3. The van der Waals surface area contributed by atoms with Gasteiger partial charge in [0.1, 0.15) is 11.6 Å². The number of benzene rings is 1. The van der Waals surface area contributed by atoms with E-state index in [4.69, 9.17) is 0 Å². The van der Waals surface area contributed by atoms with Gasteiger partial charge in [-0.2, -0.15) is 0 Å². The van der Waals surface area contributed by atoms with Crippen molar-refractivity contribution < 1.29 is 31.8 Å². The fraction of sp³-hybridized carbons (Fsp3) is 0.222. The summed E-state index contributed by atoms with van der Waals surface area (Å²) >= 11 is 0. The van der Waals surface area contributed by atoms with E-state index in [1.165, 1.54) is 0 Å². The Bertz CT molecular complexity index is 400. The molecule has 0 aromatic heterocycles. The summed E-state index contributed by atoms with van der Waals surface area (Å²) < 4.78 is 56.1. The summed E-state index contributed by atoms with van der Waals surface area (Å²) in [6, 6.07) is 2.13. The maximum Gasteiger partial charge on any atom is 0.573 e. The molecule has 0 aliphatic rings. The first-order valence-corrected chi connectivity index (χ1v) is 3.97. The van der Waals surface area contributed by atoms with Gasteiger partial charge in [-0.25, -0.2) is 9.18 Å². The molecule has 0 aliphatic carbocycles. The minimum atomic E-state index is -4.90. The van der Waals surface area contributed by atoms with Gasteiger partial charge >= 0.3 is 12.3 Å². The van der Waals surface area contributed by atoms with Crippen LogP contribution in [0.1, 0.15) is 10.4 Å². The van der Waals surface area contributed by atoms with E-state index in [0.29, 0.717) is 6.07 Å². The number of alkyl halides is 3. The van der Waals surface area contributed by atoms with E-state index in [9.17, 15) is 22.4 Å². The molecule has 0 aliphatic heterocycles. The monoisotopic (exact) mass is 238 g/mol. The highest BCUT2D eigenvalue weighted by molar-refractivity contribution is 5.89. The van der Waals surface area contributed by atoms with Crippen LogP contribution in [-0.2, 0) is 4.74 Å². The fourth-order valence-electron chi connectivity index (χ4n) is 0.968. The third-order valence-electron chi connectivity index (χ3n) is 1.58. The van der Waals surface area contributed by atoms with Gasteiger partial charge in [-0.15, -0.1) is 13.2 Å². The molecule has 0 saturated heterocycles. The molecule has 0 heterocycles. The van der Waals surface area contributed by atoms with E-state index in [-0.39, 0.29) is 0 Å². The van der Waals surface area contributed by atoms with Crippen LogP contribution in [0.4, 0.5) is 17.6 Å². The second-order valence-electron chi connectivity index (χ2n) is 2.68. The van der Waals surface area contributed by atoms with Crippen molar-refractivity contribution in [2.24, 2.45) is 0 Å². The van der Waals surface area contributed by atoms with E-state index < -0.39 is 29.5 Å². The molecule has 16 heavy (non-hydrogen) atoms. The Morgan fingerprint density at radius 1 is 1.31 bits per heavy atom. The number of hydrogen-bond donors (Lipinski definition) is 0. The van der Waals surface area contributed by atoms with Crippen molar-refractivity contribution in [3.8, 4) is 5.75 Å². The average Bonchev–Trinajstić information content (AvgIpc) is 2.14. The minimum absolute atomic E-state index is 0.458. The Balaban J connectivity index is 2.96. The fourth-order valence-corrected chi connectivity index (χ4v) is 0.968. The lowest BCUT2D eigenvalue weighted by Gasteiger charge is -2.09. The smallest absolute Gasteiger partial charge is 0.465 e. The van der Waals surface area contributed by atoms with Crippen LogP contribution in [0.15, 0.2) is 18.2 Å². The van der Waals surface area contributed by atoms with E-state index in [1.54, 1.807) is 0 Å². The lowest BCUT2D eigenvalue weighted by Crippen LogP contribution is -2.17. The predicted octanol–water partition coefficient (Wildman–Crippen LogP) is 2.51. The van der Waals surface area contributed by atoms with Crippen LogP contribution < -0.4 is 4.74 Å². The van der Waals surface area contributed by atoms with Gasteiger partial charge in [-0.05, 0) is 12.1 Å². The Morgan fingerprint density at radius 2 is 1.94 bits per heavy atom. The van der Waals surface area contributed by atoms with E-state index in [2.05, 4.69) is 9.47 Å². The number of halogens is 4. The van der Waals surface area contributed by atoms with Gasteiger partial charge in [0.2, 0.25) is 0 Å². The summed E-state index contributed by atoms with van der Waals surface area (Å²) in [4.78, 5) is 10.9. The van der Waals surface area contributed by atoms with Gasteiger partial charge < -0.3 is 9.47 Å². The molecule has 0 atom stereocenters. The standard InChI is InChI=1S/C9H6F4O3/c1-15-8(14)6-3-2-5(4-7(6)10)16-9(11,12)13/h2-4H,1H3. The number of carbonyl (C=O) groups is 1. The van der Waals surface area contributed by atoms with Gasteiger partial charge in [0.25, 0.3) is 0 Å². The van der Waals surface area contributed by atoms with E-state index in [0.717, 1.165) is 19.2 Å². The molecule has 0 spiro atoms. The van der Waals surface area contributed by atoms with Crippen LogP contribution in [-0.4, -0.2) is 19.4 Å². The number of methoxy groups -OCH3 is 1. The first-order valence-electron chi connectivity index (χ1n) is 3.97. The zero-order valence-electron chi connectivity index (χ0n) is 7.97. The molecule has 0 radical (unpaired) electrons. The van der Waals surface area contributed by atoms with E-state index in [1.807, 2.05) is 0 Å². The number of carbonyl (C=O) groups excluding carboxylic acids is 1. The molecule has 0 unspecified atom stereocenters. The summed E-state index contributed by atoms with van der Waals surface area (Å²) in [6.45, 7) is 0. The van der Waals surface area contributed by atoms with Crippen molar-refractivity contribution in [1.29, 1.82) is 0 Å². The second kappa shape index (κ2) is 4.38. The van der Waals surface area contributed by atoms with Crippen LogP contribution in [0.3, 0.4) is 0 Å². The molecule has 0 N–H and O–H groups in total. The molecule has 0 bridgehead atoms. The van der Waals surface area contributed by atoms with Crippen molar-refractivity contribution in [3.63, 3.8) is 0 Å². The normalized spacial score (nSPS) is 11.1. The second-order valence-corrected chi connectivity index (χ2v) is 2.68. The lowest BCUT2D eigenvalue weighted by molar-refractivity contribution is -0.274. The molecule has 0 fully saturated rings. The minimum Gasteiger partial charge on any atom is -0.465 e. The molecule has 88 valence electrons. The van der Waals surface area contributed by atoms with E-state index >= 15 is 0 Å². The van der Waals surface area contributed by atoms with Gasteiger partial charge in [0.05, 0.1) is 12.7 Å². The highest BCUT2D eigenvalue weighted by Gasteiger charge is 2.31. The molecule has 1 aromatic rings. The maximum absolute atomic E-state index is 13.1. The van der Waals surface area contributed by atoms with Crippen molar-refractivity contribution in [1.82, 2.24) is 0 Å². The van der Waals surface area contributed by atoms with Crippen LogP contribution in [0.25, 0.3) is 0 Å². The Kier molecular flexibility index (Phi) is 3.36. The van der Waals surface area contributed by atoms with Gasteiger partial charge in [0.15, 0.2) is 0 Å². The quantitative estimate of drug-likeness (QED) is 0.586. The van der Waals surface area contributed by atoms with Gasteiger partial charge in [-0.3, -0.25) is 0 Å².